The molecule has 0 aromatic heterocycles. The quantitative estimate of drug-likeness (QED) is 0.822. The highest BCUT2D eigenvalue weighted by Crippen LogP contribution is 2.21. The minimum atomic E-state index is -3.49. The Morgan fingerprint density at radius 3 is 2.22 bits per heavy atom. The smallest absolute Gasteiger partial charge is 0.255 e. The summed E-state index contributed by atoms with van der Waals surface area (Å²) in [5.74, 6) is 0.448. The number of benzene rings is 2. The van der Waals surface area contributed by atoms with E-state index in [0.717, 1.165) is 25.0 Å². The fraction of sp³-hybridized carbons (Fsp3) is 0.350. The molecule has 0 bridgehead atoms. The minimum absolute atomic E-state index is 0.224. The van der Waals surface area contributed by atoms with Crippen LogP contribution >= 0.6 is 0 Å². The van der Waals surface area contributed by atoms with Crippen molar-refractivity contribution in [1.29, 1.82) is 0 Å². The summed E-state index contributed by atoms with van der Waals surface area (Å²) in [7, 11) is -3.49. The van der Waals surface area contributed by atoms with E-state index in [9.17, 15) is 13.2 Å². The first-order chi connectivity index (χ1) is 13.0. The van der Waals surface area contributed by atoms with E-state index in [-0.39, 0.29) is 10.8 Å². The normalized spacial score (nSPS) is 15.3. The van der Waals surface area contributed by atoms with Crippen LogP contribution in [0.4, 0.5) is 5.69 Å². The van der Waals surface area contributed by atoms with Crippen molar-refractivity contribution in [3.8, 4) is 5.75 Å². The van der Waals surface area contributed by atoms with Gasteiger partial charge in [0.1, 0.15) is 5.75 Å². The third-order valence-electron chi connectivity index (χ3n) is 4.49. The molecule has 1 fully saturated rings. The zero-order chi connectivity index (χ0) is 19.3. The molecule has 1 saturated heterocycles. The SMILES string of the molecule is CCOc1ccc(NC(=O)c2ccc(S(=O)(=O)N3CCCCC3)cc2)cc1. The van der Waals surface area contributed by atoms with Crippen molar-refractivity contribution in [3.63, 3.8) is 0 Å². The topological polar surface area (TPSA) is 75.7 Å². The summed E-state index contributed by atoms with van der Waals surface area (Å²) in [5.41, 5.74) is 1.05. The van der Waals surface area contributed by atoms with Gasteiger partial charge in [-0.05, 0) is 68.3 Å². The van der Waals surface area contributed by atoms with Gasteiger partial charge in [-0.1, -0.05) is 6.42 Å². The highest BCUT2D eigenvalue weighted by Gasteiger charge is 2.25. The van der Waals surface area contributed by atoms with Crippen molar-refractivity contribution in [3.05, 3.63) is 54.1 Å². The van der Waals surface area contributed by atoms with Gasteiger partial charge in [-0.3, -0.25) is 4.79 Å². The van der Waals surface area contributed by atoms with Gasteiger partial charge in [0.15, 0.2) is 0 Å². The number of anilines is 1. The van der Waals surface area contributed by atoms with Crippen LogP contribution in [-0.4, -0.2) is 38.3 Å². The zero-order valence-electron chi connectivity index (χ0n) is 15.3. The molecule has 2 aromatic rings. The van der Waals surface area contributed by atoms with Crippen LogP contribution in [0.5, 0.6) is 5.75 Å². The maximum Gasteiger partial charge on any atom is 0.255 e. The van der Waals surface area contributed by atoms with Gasteiger partial charge < -0.3 is 10.1 Å². The van der Waals surface area contributed by atoms with Gasteiger partial charge in [0.05, 0.1) is 11.5 Å². The van der Waals surface area contributed by atoms with Crippen molar-refractivity contribution >= 4 is 21.6 Å². The Bertz CT molecular complexity index is 871. The average molecular weight is 388 g/mol. The molecule has 1 aliphatic heterocycles. The molecule has 6 nitrogen and oxygen atoms in total. The van der Waals surface area contributed by atoms with Crippen LogP contribution in [0.25, 0.3) is 0 Å². The molecule has 0 aliphatic carbocycles. The van der Waals surface area contributed by atoms with Gasteiger partial charge >= 0.3 is 0 Å². The Morgan fingerprint density at radius 2 is 1.63 bits per heavy atom. The summed E-state index contributed by atoms with van der Waals surface area (Å²) in [5, 5.41) is 2.79. The molecule has 27 heavy (non-hydrogen) atoms. The highest BCUT2D eigenvalue weighted by atomic mass is 32.2. The molecule has 7 heteroatoms. The molecule has 0 atom stereocenters. The molecule has 2 aromatic carbocycles. The van der Waals surface area contributed by atoms with Gasteiger partial charge in [0.25, 0.3) is 5.91 Å². The van der Waals surface area contributed by atoms with Crippen molar-refractivity contribution < 1.29 is 17.9 Å². The summed E-state index contributed by atoms with van der Waals surface area (Å²) in [6.45, 7) is 3.61. The second kappa shape index (κ2) is 8.54. The van der Waals surface area contributed by atoms with Gasteiger partial charge in [0, 0.05) is 24.3 Å². The standard InChI is InChI=1S/C20H24N2O4S/c1-2-26-18-10-8-17(9-11-18)21-20(23)16-6-12-19(13-7-16)27(24,25)22-14-4-3-5-15-22/h6-13H,2-5,14-15H2,1H3,(H,21,23). The Morgan fingerprint density at radius 1 is 1.00 bits per heavy atom. The number of sulfonamides is 1. The maximum absolute atomic E-state index is 12.7. The fourth-order valence-electron chi connectivity index (χ4n) is 3.04. The number of ether oxygens (including phenoxy) is 1. The number of nitrogens with one attached hydrogen (secondary N) is 1. The molecule has 0 radical (unpaired) electrons. The molecule has 3 rings (SSSR count). The lowest BCUT2D eigenvalue weighted by Crippen LogP contribution is -2.35. The van der Waals surface area contributed by atoms with Gasteiger partial charge in [0.2, 0.25) is 10.0 Å². The summed E-state index contributed by atoms with van der Waals surface area (Å²) in [4.78, 5) is 12.6. The van der Waals surface area contributed by atoms with E-state index in [1.165, 1.54) is 16.4 Å². The van der Waals surface area contributed by atoms with Gasteiger partial charge in [-0.25, -0.2) is 8.42 Å². The van der Waals surface area contributed by atoms with Gasteiger partial charge in [-0.15, -0.1) is 0 Å². The molecule has 0 unspecified atom stereocenters. The van der Waals surface area contributed by atoms with Crippen molar-refractivity contribution in [2.45, 2.75) is 31.1 Å². The fourth-order valence-corrected chi connectivity index (χ4v) is 4.55. The third-order valence-corrected chi connectivity index (χ3v) is 6.41. The molecule has 0 spiro atoms. The number of amides is 1. The van der Waals surface area contributed by atoms with Crippen LogP contribution in [0.2, 0.25) is 0 Å². The molecule has 1 amide bonds. The number of hydrogen-bond acceptors (Lipinski definition) is 4. The predicted octanol–water partition coefficient (Wildman–Crippen LogP) is 3.51. The number of carbonyl (C=O) groups is 1. The summed E-state index contributed by atoms with van der Waals surface area (Å²) >= 11 is 0. The Balaban J connectivity index is 1.68. The first-order valence-corrected chi connectivity index (χ1v) is 10.6. The van der Waals surface area contributed by atoms with Crippen LogP contribution in [0.15, 0.2) is 53.4 Å². The first-order valence-electron chi connectivity index (χ1n) is 9.15. The number of piperidine rings is 1. The minimum Gasteiger partial charge on any atom is -0.494 e. The molecule has 0 saturated carbocycles. The molecular formula is C20H24N2O4S. The molecule has 144 valence electrons. The van der Waals surface area contributed by atoms with E-state index < -0.39 is 10.0 Å². The van der Waals surface area contributed by atoms with Crippen molar-refractivity contribution in [2.24, 2.45) is 0 Å². The summed E-state index contributed by atoms with van der Waals surface area (Å²) in [6.07, 6.45) is 2.85. The van der Waals surface area contributed by atoms with Crippen LogP contribution < -0.4 is 10.1 Å². The van der Waals surface area contributed by atoms with E-state index >= 15 is 0 Å². The van der Waals surface area contributed by atoms with Crippen LogP contribution in [0, 0.1) is 0 Å². The largest absolute Gasteiger partial charge is 0.494 e. The number of rotatable bonds is 6. The Hall–Kier alpha value is -2.38. The van der Waals surface area contributed by atoms with E-state index in [4.69, 9.17) is 4.74 Å². The third kappa shape index (κ3) is 4.67. The lowest BCUT2D eigenvalue weighted by molar-refractivity contribution is 0.102. The van der Waals surface area contributed by atoms with E-state index in [2.05, 4.69) is 5.32 Å². The maximum atomic E-state index is 12.7. The highest BCUT2D eigenvalue weighted by molar-refractivity contribution is 7.89. The van der Waals surface area contributed by atoms with E-state index in [0.29, 0.717) is 30.9 Å². The second-order valence-electron chi connectivity index (χ2n) is 6.40. The van der Waals surface area contributed by atoms with E-state index in [1.54, 1.807) is 36.4 Å². The monoisotopic (exact) mass is 388 g/mol. The van der Waals surface area contributed by atoms with E-state index in [1.807, 2.05) is 6.92 Å². The van der Waals surface area contributed by atoms with Crippen LogP contribution in [0.3, 0.4) is 0 Å². The number of carbonyl (C=O) groups excluding carboxylic acids is 1. The zero-order valence-corrected chi connectivity index (χ0v) is 16.2. The molecule has 1 N–H and O–H groups in total. The second-order valence-corrected chi connectivity index (χ2v) is 8.34. The predicted molar refractivity (Wildman–Crippen MR) is 105 cm³/mol. The molecule has 1 aliphatic rings. The summed E-state index contributed by atoms with van der Waals surface area (Å²) < 4.78 is 32.2. The number of nitrogens with zero attached hydrogens (tertiary/aromatic N) is 1. The van der Waals surface area contributed by atoms with Crippen LogP contribution in [-0.2, 0) is 10.0 Å². The average Bonchev–Trinajstić information content (AvgIpc) is 2.70. The lowest BCUT2D eigenvalue weighted by atomic mass is 10.2. The molecular weight excluding hydrogens is 364 g/mol. The number of hydrogen-bond donors (Lipinski definition) is 1. The Kier molecular flexibility index (Phi) is 6.13. The van der Waals surface area contributed by atoms with Crippen molar-refractivity contribution in [1.82, 2.24) is 4.31 Å². The van der Waals surface area contributed by atoms with Crippen molar-refractivity contribution in [2.75, 3.05) is 25.0 Å². The van der Waals surface area contributed by atoms with Crippen LogP contribution in [0.1, 0.15) is 36.5 Å². The summed E-state index contributed by atoms with van der Waals surface area (Å²) in [6, 6.07) is 13.2. The van der Waals surface area contributed by atoms with Gasteiger partial charge in [-0.2, -0.15) is 4.31 Å². The Labute approximate surface area is 160 Å². The lowest BCUT2D eigenvalue weighted by Gasteiger charge is -2.25. The first kappa shape index (κ1) is 19.4. The molecule has 1 heterocycles.